The van der Waals surface area contributed by atoms with Gasteiger partial charge in [-0.3, -0.25) is 4.98 Å². The number of halogens is 1. The highest BCUT2D eigenvalue weighted by Crippen LogP contribution is 2.23. The Kier molecular flexibility index (Phi) is 4.70. The number of hydrogen-bond donors (Lipinski definition) is 2. The number of aromatic nitrogens is 2. The molecule has 5 nitrogen and oxygen atoms in total. The third-order valence-electron chi connectivity index (χ3n) is 2.61. The summed E-state index contributed by atoms with van der Waals surface area (Å²) in [6.45, 7) is 2.91. The van der Waals surface area contributed by atoms with Crippen LogP contribution in [0.3, 0.4) is 0 Å². The Morgan fingerprint density at radius 2 is 2.05 bits per heavy atom. The fourth-order valence-corrected chi connectivity index (χ4v) is 1.65. The van der Waals surface area contributed by atoms with Gasteiger partial charge in [0.1, 0.15) is 5.82 Å². The highest BCUT2D eigenvalue weighted by atomic mass is 19.1. The lowest BCUT2D eigenvalue weighted by molar-refractivity contribution is 0.387. The number of rotatable bonds is 6. The van der Waals surface area contributed by atoms with Gasteiger partial charge < -0.3 is 15.4 Å². The van der Waals surface area contributed by atoms with E-state index < -0.39 is 5.82 Å². The molecule has 0 saturated heterocycles. The van der Waals surface area contributed by atoms with Crippen LogP contribution in [0.5, 0.6) is 5.75 Å². The molecule has 2 N–H and O–H groups in total. The fourth-order valence-electron chi connectivity index (χ4n) is 1.65. The first-order valence-electron chi connectivity index (χ1n) is 6.39. The van der Waals surface area contributed by atoms with Crippen LogP contribution in [-0.2, 0) is 0 Å². The Bertz CT molecular complexity index is 577. The molecule has 0 aliphatic rings. The second-order valence-electron chi connectivity index (χ2n) is 4.19. The second-order valence-corrected chi connectivity index (χ2v) is 4.19. The van der Waals surface area contributed by atoms with Gasteiger partial charge in [0.15, 0.2) is 17.4 Å². The molecule has 0 radical (unpaired) electrons. The lowest BCUT2D eigenvalue weighted by atomic mass is 10.3. The predicted octanol–water partition coefficient (Wildman–Crippen LogP) is 3.19. The first-order valence-corrected chi connectivity index (χ1v) is 6.39. The maximum Gasteiger partial charge on any atom is 0.165 e. The molecule has 0 bridgehead atoms. The van der Waals surface area contributed by atoms with Gasteiger partial charge in [-0.25, -0.2) is 9.37 Å². The van der Waals surface area contributed by atoms with Crippen LogP contribution >= 0.6 is 0 Å². The summed E-state index contributed by atoms with van der Waals surface area (Å²) >= 11 is 0. The highest BCUT2D eigenvalue weighted by molar-refractivity contribution is 5.59. The number of nitrogens with one attached hydrogen (secondary N) is 2. The van der Waals surface area contributed by atoms with E-state index in [-0.39, 0.29) is 5.75 Å². The van der Waals surface area contributed by atoms with Crippen LogP contribution in [0.1, 0.15) is 13.3 Å². The largest absolute Gasteiger partial charge is 0.494 e. The minimum atomic E-state index is -0.400. The molecule has 0 aliphatic heterocycles. The summed E-state index contributed by atoms with van der Waals surface area (Å²) in [6, 6.07) is 4.53. The molecule has 1 heterocycles. The first kappa shape index (κ1) is 14.0. The van der Waals surface area contributed by atoms with Crippen molar-refractivity contribution in [2.75, 3.05) is 24.3 Å². The topological polar surface area (TPSA) is 59.1 Å². The van der Waals surface area contributed by atoms with Gasteiger partial charge >= 0.3 is 0 Å². The number of methoxy groups -OCH3 is 1. The monoisotopic (exact) mass is 276 g/mol. The zero-order valence-electron chi connectivity index (χ0n) is 11.5. The van der Waals surface area contributed by atoms with Crippen molar-refractivity contribution in [3.8, 4) is 5.75 Å². The molecule has 0 saturated carbocycles. The van der Waals surface area contributed by atoms with Gasteiger partial charge in [-0.1, -0.05) is 6.92 Å². The lowest BCUT2D eigenvalue weighted by Gasteiger charge is -2.09. The molecular formula is C14H17FN4O. The predicted molar refractivity (Wildman–Crippen MR) is 77.0 cm³/mol. The minimum absolute atomic E-state index is 0.184. The molecule has 0 unspecified atom stereocenters. The zero-order chi connectivity index (χ0) is 14.4. The van der Waals surface area contributed by atoms with E-state index in [1.807, 2.05) is 0 Å². The van der Waals surface area contributed by atoms with Gasteiger partial charge in [0.2, 0.25) is 0 Å². The van der Waals surface area contributed by atoms with E-state index in [1.165, 1.54) is 13.2 Å². The van der Waals surface area contributed by atoms with Gasteiger partial charge in [-0.2, -0.15) is 0 Å². The Labute approximate surface area is 117 Å². The standard InChI is InChI=1S/C14H17FN4O/c1-3-6-17-13-8-16-9-14(19-13)18-10-4-5-11(15)12(7-10)20-2/h4-5,7-9H,3,6H2,1-2H3,(H2,17,18,19). The molecule has 2 rings (SSSR count). The summed E-state index contributed by atoms with van der Waals surface area (Å²) in [4.78, 5) is 8.47. The van der Waals surface area contributed by atoms with E-state index >= 15 is 0 Å². The van der Waals surface area contributed by atoms with E-state index in [4.69, 9.17) is 4.74 Å². The van der Waals surface area contributed by atoms with Crippen molar-refractivity contribution >= 4 is 17.3 Å². The van der Waals surface area contributed by atoms with Gasteiger partial charge in [0.25, 0.3) is 0 Å². The average molecular weight is 276 g/mol. The van der Waals surface area contributed by atoms with Crippen LogP contribution in [0, 0.1) is 5.82 Å². The number of anilines is 3. The summed E-state index contributed by atoms with van der Waals surface area (Å²) in [5.74, 6) is 1.07. The van der Waals surface area contributed by atoms with E-state index in [2.05, 4.69) is 27.5 Å². The normalized spacial score (nSPS) is 10.2. The number of hydrogen-bond acceptors (Lipinski definition) is 5. The van der Waals surface area contributed by atoms with Crippen LogP contribution < -0.4 is 15.4 Å². The van der Waals surface area contributed by atoms with E-state index in [9.17, 15) is 4.39 Å². The summed E-state index contributed by atoms with van der Waals surface area (Å²) in [6.07, 6.45) is 4.27. The van der Waals surface area contributed by atoms with Crippen molar-refractivity contribution in [1.29, 1.82) is 0 Å². The van der Waals surface area contributed by atoms with Crippen molar-refractivity contribution in [3.05, 3.63) is 36.4 Å². The third kappa shape index (κ3) is 3.57. The zero-order valence-corrected chi connectivity index (χ0v) is 11.5. The van der Waals surface area contributed by atoms with Crippen LogP contribution in [0.2, 0.25) is 0 Å². The third-order valence-corrected chi connectivity index (χ3v) is 2.61. The van der Waals surface area contributed by atoms with Gasteiger partial charge in [0.05, 0.1) is 19.5 Å². The Hall–Kier alpha value is -2.37. The molecule has 0 amide bonds. The summed E-state index contributed by atoms with van der Waals surface area (Å²) < 4.78 is 18.3. The molecule has 0 fully saturated rings. The molecular weight excluding hydrogens is 259 g/mol. The van der Waals surface area contributed by atoms with E-state index in [1.54, 1.807) is 24.5 Å². The molecule has 1 aromatic carbocycles. The first-order chi connectivity index (χ1) is 9.72. The maximum absolute atomic E-state index is 13.3. The van der Waals surface area contributed by atoms with Crippen molar-refractivity contribution < 1.29 is 9.13 Å². The van der Waals surface area contributed by atoms with Gasteiger partial charge in [-0.05, 0) is 18.6 Å². The van der Waals surface area contributed by atoms with Crippen molar-refractivity contribution in [2.45, 2.75) is 13.3 Å². The summed E-state index contributed by atoms with van der Waals surface area (Å²) in [7, 11) is 1.43. The molecule has 6 heteroatoms. The fraction of sp³-hybridized carbons (Fsp3) is 0.286. The van der Waals surface area contributed by atoms with Crippen LogP contribution in [0.25, 0.3) is 0 Å². The molecule has 0 spiro atoms. The average Bonchev–Trinajstić information content (AvgIpc) is 2.47. The molecule has 1 aromatic heterocycles. The van der Waals surface area contributed by atoms with Gasteiger partial charge in [-0.15, -0.1) is 0 Å². The van der Waals surface area contributed by atoms with E-state index in [0.29, 0.717) is 17.3 Å². The van der Waals surface area contributed by atoms with E-state index in [0.717, 1.165) is 13.0 Å². The van der Waals surface area contributed by atoms with Crippen LogP contribution in [-0.4, -0.2) is 23.6 Å². The van der Waals surface area contributed by atoms with Crippen LogP contribution in [0.15, 0.2) is 30.6 Å². The summed E-state index contributed by atoms with van der Waals surface area (Å²) in [5.41, 5.74) is 0.685. The minimum Gasteiger partial charge on any atom is -0.494 e. The maximum atomic E-state index is 13.3. The Morgan fingerprint density at radius 3 is 2.80 bits per heavy atom. The second kappa shape index (κ2) is 6.70. The summed E-state index contributed by atoms with van der Waals surface area (Å²) in [5, 5.41) is 6.22. The number of nitrogens with zero attached hydrogens (tertiary/aromatic N) is 2. The molecule has 2 aromatic rings. The van der Waals surface area contributed by atoms with Crippen LogP contribution in [0.4, 0.5) is 21.7 Å². The Morgan fingerprint density at radius 1 is 1.25 bits per heavy atom. The van der Waals surface area contributed by atoms with Crippen molar-refractivity contribution in [1.82, 2.24) is 9.97 Å². The highest BCUT2D eigenvalue weighted by Gasteiger charge is 2.05. The molecule has 0 atom stereocenters. The quantitative estimate of drug-likeness (QED) is 0.848. The molecule has 20 heavy (non-hydrogen) atoms. The van der Waals surface area contributed by atoms with Crippen molar-refractivity contribution in [2.24, 2.45) is 0 Å². The smallest absolute Gasteiger partial charge is 0.165 e. The lowest BCUT2D eigenvalue weighted by Crippen LogP contribution is -2.04. The molecule has 106 valence electrons. The molecule has 0 aliphatic carbocycles. The number of ether oxygens (including phenoxy) is 1. The SMILES string of the molecule is CCCNc1cncc(Nc2ccc(F)c(OC)c2)n1. The van der Waals surface area contributed by atoms with Crippen molar-refractivity contribution in [3.63, 3.8) is 0 Å². The Balaban J connectivity index is 2.13. The number of benzene rings is 1. The van der Waals surface area contributed by atoms with Gasteiger partial charge in [0, 0.05) is 18.3 Å².